The van der Waals surface area contributed by atoms with E-state index in [1.54, 1.807) is 25.9 Å². The number of hydrogen-bond acceptors (Lipinski definition) is 4. The fourth-order valence-corrected chi connectivity index (χ4v) is 4.86. The van der Waals surface area contributed by atoms with Crippen molar-refractivity contribution in [1.82, 2.24) is 9.21 Å². The van der Waals surface area contributed by atoms with Crippen LogP contribution in [0.15, 0.2) is 47.4 Å². The summed E-state index contributed by atoms with van der Waals surface area (Å²) in [5.74, 6) is -0.510. The summed E-state index contributed by atoms with van der Waals surface area (Å²) in [5.41, 5.74) is 0.673. The summed E-state index contributed by atoms with van der Waals surface area (Å²) < 4.78 is 46.7. The van der Waals surface area contributed by atoms with Gasteiger partial charge in [-0.1, -0.05) is 26.0 Å². The lowest BCUT2D eigenvalue weighted by atomic mass is 10.1. The van der Waals surface area contributed by atoms with E-state index in [2.05, 4.69) is 0 Å². The molecule has 0 heterocycles. The van der Waals surface area contributed by atoms with Gasteiger partial charge in [-0.05, 0) is 48.7 Å². The van der Waals surface area contributed by atoms with E-state index in [-0.39, 0.29) is 16.5 Å². The first-order chi connectivity index (χ1) is 14.3. The molecule has 1 aliphatic rings. The maximum atomic E-state index is 14.6. The monoisotopic (exact) mass is 434 g/mol. The summed E-state index contributed by atoms with van der Waals surface area (Å²) >= 11 is 0. The molecule has 0 bridgehead atoms. The van der Waals surface area contributed by atoms with Gasteiger partial charge in [0.15, 0.2) is 0 Å². The number of amides is 1. The summed E-state index contributed by atoms with van der Waals surface area (Å²) in [6.45, 7) is 4.39. The van der Waals surface area contributed by atoms with Crippen molar-refractivity contribution in [2.24, 2.45) is 0 Å². The Hall–Kier alpha value is -2.45. The zero-order chi connectivity index (χ0) is 21.9. The largest absolute Gasteiger partial charge is 0.497 e. The topological polar surface area (TPSA) is 66.9 Å². The molecule has 1 amide bonds. The molecule has 0 radical (unpaired) electrons. The smallest absolute Gasteiger partial charge is 0.257 e. The van der Waals surface area contributed by atoms with Crippen LogP contribution in [0, 0.1) is 5.82 Å². The molecule has 1 aliphatic carbocycles. The van der Waals surface area contributed by atoms with Crippen LogP contribution >= 0.6 is 0 Å². The average Bonchev–Trinajstić information content (AvgIpc) is 3.58. The van der Waals surface area contributed by atoms with Crippen molar-refractivity contribution >= 4 is 15.9 Å². The average molecular weight is 435 g/mol. The van der Waals surface area contributed by atoms with E-state index in [0.717, 1.165) is 30.5 Å². The van der Waals surface area contributed by atoms with Crippen molar-refractivity contribution in [3.05, 3.63) is 59.4 Å². The fourth-order valence-electron chi connectivity index (χ4n) is 3.38. The summed E-state index contributed by atoms with van der Waals surface area (Å²) in [4.78, 5) is 14.8. The molecule has 8 heteroatoms. The molecule has 6 nitrogen and oxygen atoms in total. The number of nitrogens with zero attached hydrogens (tertiary/aromatic N) is 2. The number of hydrogen-bond donors (Lipinski definition) is 0. The first-order valence-corrected chi connectivity index (χ1v) is 11.5. The Bertz CT molecular complexity index is 1000. The number of methoxy groups -OCH3 is 1. The highest BCUT2D eigenvalue weighted by Crippen LogP contribution is 2.31. The highest BCUT2D eigenvalue weighted by atomic mass is 32.2. The number of sulfonamides is 1. The molecule has 0 aromatic heterocycles. The van der Waals surface area contributed by atoms with Gasteiger partial charge in [-0.25, -0.2) is 12.8 Å². The second-order valence-electron chi connectivity index (χ2n) is 7.24. The molecule has 0 aliphatic heterocycles. The Morgan fingerprint density at radius 3 is 2.27 bits per heavy atom. The standard InChI is InChI=1S/C22H27FN2O4S/c1-4-24(5-2)30(27,28)19-12-13-21(23)20(14-19)22(26)25(17-8-9-17)15-16-6-10-18(29-3)11-7-16/h6-7,10-14,17H,4-5,8-9,15H2,1-3H3. The Balaban J connectivity index is 1.91. The maximum Gasteiger partial charge on any atom is 0.257 e. The second-order valence-corrected chi connectivity index (χ2v) is 9.18. The van der Waals surface area contributed by atoms with Gasteiger partial charge < -0.3 is 9.64 Å². The highest BCUT2D eigenvalue weighted by molar-refractivity contribution is 7.89. The minimum atomic E-state index is -3.79. The molecule has 1 fully saturated rings. The molecule has 1 saturated carbocycles. The van der Waals surface area contributed by atoms with Gasteiger partial charge >= 0.3 is 0 Å². The van der Waals surface area contributed by atoms with Crippen molar-refractivity contribution in [3.63, 3.8) is 0 Å². The van der Waals surface area contributed by atoms with Gasteiger partial charge in [0.1, 0.15) is 11.6 Å². The molecule has 2 aromatic rings. The van der Waals surface area contributed by atoms with E-state index in [9.17, 15) is 17.6 Å². The van der Waals surface area contributed by atoms with Crippen LogP contribution in [0.2, 0.25) is 0 Å². The van der Waals surface area contributed by atoms with Gasteiger partial charge in [0.2, 0.25) is 10.0 Å². The van der Waals surface area contributed by atoms with Crippen molar-refractivity contribution in [2.45, 2.75) is 44.2 Å². The minimum Gasteiger partial charge on any atom is -0.497 e. The van der Waals surface area contributed by atoms with Gasteiger partial charge in [-0.2, -0.15) is 4.31 Å². The molecule has 0 N–H and O–H groups in total. The molecule has 0 unspecified atom stereocenters. The maximum absolute atomic E-state index is 14.6. The molecule has 0 atom stereocenters. The van der Waals surface area contributed by atoms with Crippen LogP contribution in [0.3, 0.4) is 0 Å². The lowest BCUT2D eigenvalue weighted by Crippen LogP contribution is -2.34. The van der Waals surface area contributed by atoms with Gasteiger partial charge in [0.05, 0.1) is 17.6 Å². The van der Waals surface area contributed by atoms with E-state index in [1.165, 1.54) is 10.4 Å². The van der Waals surface area contributed by atoms with Gasteiger partial charge in [-0.15, -0.1) is 0 Å². The zero-order valence-corrected chi connectivity index (χ0v) is 18.3. The predicted molar refractivity (Wildman–Crippen MR) is 112 cm³/mol. The van der Waals surface area contributed by atoms with E-state index in [0.29, 0.717) is 25.4 Å². The van der Waals surface area contributed by atoms with Crippen LogP contribution in [-0.2, 0) is 16.6 Å². The number of ether oxygens (including phenoxy) is 1. The molecule has 162 valence electrons. The van der Waals surface area contributed by atoms with Crippen LogP contribution < -0.4 is 4.74 Å². The minimum absolute atomic E-state index is 0.0297. The van der Waals surface area contributed by atoms with Crippen molar-refractivity contribution in [3.8, 4) is 5.75 Å². The third-order valence-electron chi connectivity index (χ3n) is 5.27. The number of carbonyl (C=O) groups is 1. The number of benzene rings is 2. The molecule has 30 heavy (non-hydrogen) atoms. The number of rotatable bonds is 9. The lowest BCUT2D eigenvalue weighted by Gasteiger charge is -2.24. The first kappa shape index (κ1) is 22.2. The third-order valence-corrected chi connectivity index (χ3v) is 7.32. The Labute approximate surface area is 177 Å². The van der Waals surface area contributed by atoms with Crippen LogP contribution in [0.4, 0.5) is 4.39 Å². The quantitative estimate of drug-likeness (QED) is 0.604. The summed E-state index contributed by atoms with van der Waals surface area (Å²) in [7, 11) is -2.21. The molecular weight excluding hydrogens is 407 g/mol. The van der Waals surface area contributed by atoms with Crippen LogP contribution in [0.1, 0.15) is 42.6 Å². The van der Waals surface area contributed by atoms with Crippen LogP contribution in [-0.4, -0.2) is 49.8 Å². The van der Waals surface area contributed by atoms with Gasteiger partial charge in [-0.3, -0.25) is 4.79 Å². The summed E-state index contributed by atoms with van der Waals surface area (Å²) in [5, 5.41) is 0. The summed E-state index contributed by atoms with van der Waals surface area (Å²) in [6, 6.07) is 10.8. The zero-order valence-electron chi connectivity index (χ0n) is 17.5. The lowest BCUT2D eigenvalue weighted by molar-refractivity contribution is 0.0725. The van der Waals surface area contributed by atoms with E-state index in [1.807, 2.05) is 24.3 Å². The van der Waals surface area contributed by atoms with E-state index < -0.39 is 21.7 Å². The van der Waals surface area contributed by atoms with Crippen molar-refractivity contribution in [1.29, 1.82) is 0 Å². The van der Waals surface area contributed by atoms with E-state index >= 15 is 0 Å². The van der Waals surface area contributed by atoms with Crippen molar-refractivity contribution < 1.29 is 22.3 Å². The van der Waals surface area contributed by atoms with Crippen molar-refractivity contribution in [2.75, 3.05) is 20.2 Å². The summed E-state index contributed by atoms with van der Waals surface area (Å²) in [6.07, 6.45) is 1.70. The molecule has 0 spiro atoms. The van der Waals surface area contributed by atoms with E-state index in [4.69, 9.17) is 4.74 Å². The first-order valence-electron chi connectivity index (χ1n) is 10.0. The van der Waals surface area contributed by atoms with Gasteiger partial charge in [0.25, 0.3) is 5.91 Å². The number of halogens is 1. The molecular formula is C22H27FN2O4S. The normalized spacial score (nSPS) is 14.0. The Kier molecular flexibility index (Phi) is 6.77. The van der Waals surface area contributed by atoms with Gasteiger partial charge in [0, 0.05) is 25.7 Å². The Morgan fingerprint density at radius 1 is 1.10 bits per heavy atom. The molecule has 0 saturated heterocycles. The predicted octanol–water partition coefficient (Wildman–Crippen LogP) is 3.67. The number of carbonyl (C=O) groups excluding carboxylic acids is 1. The van der Waals surface area contributed by atoms with Crippen LogP contribution in [0.25, 0.3) is 0 Å². The van der Waals surface area contributed by atoms with Crippen LogP contribution in [0.5, 0.6) is 5.75 Å². The fraction of sp³-hybridized carbons (Fsp3) is 0.409. The SMILES string of the molecule is CCN(CC)S(=O)(=O)c1ccc(F)c(C(=O)N(Cc2ccc(OC)cc2)C2CC2)c1. The Morgan fingerprint density at radius 2 is 1.73 bits per heavy atom. The molecule has 3 rings (SSSR count). The third kappa shape index (κ3) is 4.65. The second kappa shape index (κ2) is 9.14. The highest BCUT2D eigenvalue weighted by Gasteiger charge is 2.35. The molecule has 2 aromatic carbocycles.